The lowest BCUT2D eigenvalue weighted by Gasteiger charge is -2.27. The highest BCUT2D eigenvalue weighted by atomic mass is 16.1. The van der Waals surface area contributed by atoms with Gasteiger partial charge in [-0.25, -0.2) is 0 Å². The van der Waals surface area contributed by atoms with Crippen LogP contribution >= 0.6 is 0 Å². The quantitative estimate of drug-likeness (QED) is 0.352. The highest BCUT2D eigenvalue weighted by Crippen LogP contribution is 2.21. The average molecular weight is 426 g/mol. The summed E-state index contributed by atoms with van der Waals surface area (Å²) in [6.45, 7) is 16.8. The molecule has 0 aliphatic heterocycles. The minimum Gasteiger partial charge on any atom is -0.311 e. The van der Waals surface area contributed by atoms with Crippen LogP contribution in [-0.4, -0.2) is 55.6 Å². The first-order valence-corrected chi connectivity index (χ1v) is 11.5. The van der Waals surface area contributed by atoms with Crippen molar-refractivity contribution in [1.29, 1.82) is 0 Å². The summed E-state index contributed by atoms with van der Waals surface area (Å²) in [5, 5.41) is 9.58. The van der Waals surface area contributed by atoms with E-state index >= 15 is 0 Å². The minimum absolute atomic E-state index is 0.000940. The Kier molecular flexibility index (Phi) is 13.5. The summed E-state index contributed by atoms with van der Waals surface area (Å²) < 4.78 is 0. The third-order valence-electron chi connectivity index (χ3n) is 5.57. The number of Topliss-reactive ketones (excluding diaryl/α,β-unsaturated/α-hetero) is 3. The number of ketones is 3. The van der Waals surface area contributed by atoms with Crippen LogP contribution in [0.3, 0.4) is 0 Å². The molecule has 0 aromatic rings. The zero-order valence-corrected chi connectivity index (χ0v) is 20.9. The fourth-order valence-electron chi connectivity index (χ4n) is 3.58. The van der Waals surface area contributed by atoms with Crippen molar-refractivity contribution in [3.63, 3.8) is 0 Å². The molecule has 4 atom stereocenters. The number of carbonyl (C=O) groups excluding carboxylic acids is 3. The molecule has 0 radical (unpaired) electrons. The lowest BCUT2D eigenvalue weighted by Crippen LogP contribution is -2.49. The first-order valence-electron chi connectivity index (χ1n) is 11.5. The standard InChI is InChI=1S/C24H47N3O3/c1-10-17(4)23(26-12-11-21(29)19(25-9)13-16(2)3)22(30)15-27-20(18(5)28)14-24(6,7)8/h16-17,19-20,23,25-27H,10-15H2,1-9H3/t17?,19-,20-,23-/m0/s1. The predicted molar refractivity (Wildman–Crippen MR) is 125 cm³/mol. The van der Waals surface area contributed by atoms with Gasteiger partial charge in [-0.1, -0.05) is 54.9 Å². The monoisotopic (exact) mass is 425 g/mol. The first kappa shape index (κ1) is 28.9. The van der Waals surface area contributed by atoms with Gasteiger partial charge in [0.1, 0.15) is 5.78 Å². The van der Waals surface area contributed by atoms with Crippen LogP contribution in [0.1, 0.15) is 81.1 Å². The molecule has 0 aliphatic rings. The second-order valence-corrected chi connectivity index (χ2v) is 10.3. The Balaban J connectivity index is 4.85. The molecule has 0 spiro atoms. The SMILES string of the molecule is CCC(C)[C@H](NCCC(=O)[C@H](CC(C)C)NC)C(=O)CN[C@@H](CC(C)(C)C)C(C)=O. The molecule has 6 heteroatoms. The maximum absolute atomic E-state index is 12.9. The summed E-state index contributed by atoms with van der Waals surface area (Å²) >= 11 is 0. The fourth-order valence-corrected chi connectivity index (χ4v) is 3.58. The molecule has 1 unspecified atom stereocenters. The topological polar surface area (TPSA) is 87.3 Å². The Morgan fingerprint density at radius 3 is 1.97 bits per heavy atom. The largest absolute Gasteiger partial charge is 0.311 e. The smallest absolute Gasteiger partial charge is 0.163 e. The Morgan fingerprint density at radius 2 is 1.53 bits per heavy atom. The molecule has 0 aliphatic carbocycles. The van der Waals surface area contributed by atoms with Gasteiger partial charge < -0.3 is 16.0 Å². The molecule has 176 valence electrons. The average Bonchev–Trinajstić information content (AvgIpc) is 2.64. The van der Waals surface area contributed by atoms with Crippen molar-refractivity contribution in [3.05, 3.63) is 0 Å². The first-order chi connectivity index (χ1) is 13.8. The van der Waals surface area contributed by atoms with Crippen LogP contribution in [0.2, 0.25) is 0 Å². The molecule has 30 heavy (non-hydrogen) atoms. The molecule has 0 saturated heterocycles. The lowest BCUT2D eigenvalue weighted by molar-refractivity contribution is -0.124. The van der Waals surface area contributed by atoms with Crippen LogP contribution in [0.15, 0.2) is 0 Å². The van der Waals surface area contributed by atoms with E-state index in [1.807, 2.05) is 14.0 Å². The van der Waals surface area contributed by atoms with E-state index in [9.17, 15) is 14.4 Å². The molecule has 6 nitrogen and oxygen atoms in total. The number of carbonyl (C=O) groups is 3. The van der Waals surface area contributed by atoms with Crippen LogP contribution in [0.25, 0.3) is 0 Å². The summed E-state index contributed by atoms with van der Waals surface area (Å²) in [6, 6.07) is -0.781. The number of nitrogens with one attached hydrogen (secondary N) is 3. The van der Waals surface area contributed by atoms with Crippen molar-refractivity contribution in [2.75, 3.05) is 20.1 Å². The van der Waals surface area contributed by atoms with Gasteiger partial charge in [-0.3, -0.25) is 14.4 Å². The third kappa shape index (κ3) is 11.9. The highest BCUT2D eigenvalue weighted by molar-refractivity contribution is 5.88. The van der Waals surface area contributed by atoms with Crippen LogP contribution in [-0.2, 0) is 14.4 Å². The summed E-state index contributed by atoms with van der Waals surface area (Å²) in [5.41, 5.74) is 0.000940. The van der Waals surface area contributed by atoms with Gasteiger partial charge in [0.25, 0.3) is 0 Å². The van der Waals surface area contributed by atoms with E-state index in [1.165, 1.54) is 0 Å². The molecule has 0 aromatic carbocycles. The predicted octanol–water partition coefficient (Wildman–Crippen LogP) is 3.14. The molecule has 0 heterocycles. The van der Waals surface area contributed by atoms with Crippen LogP contribution in [0.5, 0.6) is 0 Å². The van der Waals surface area contributed by atoms with Gasteiger partial charge in [0.05, 0.1) is 24.7 Å². The Labute approximate surface area is 184 Å². The second-order valence-electron chi connectivity index (χ2n) is 10.3. The molecule has 0 fully saturated rings. The van der Waals surface area contributed by atoms with Crippen LogP contribution in [0, 0.1) is 17.3 Å². The maximum atomic E-state index is 12.9. The van der Waals surface area contributed by atoms with E-state index in [1.54, 1.807) is 6.92 Å². The molecule has 0 bridgehead atoms. The van der Waals surface area contributed by atoms with Crippen molar-refractivity contribution in [1.82, 2.24) is 16.0 Å². The van der Waals surface area contributed by atoms with Gasteiger partial charge in [-0.15, -0.1) is 0 Å². The Bertz CT molecular complexity index is 540. The lowest BCUT2D eigenvalue weighted by atomic mass is 9.86. The Hall–Kier alpha value is -1.11. The van der Waals surface area contributed by atoms with Gasteiger partial charge in [0, 0.05) is 13.0 Å². The number of hydrogen-bond donors (Lipinski definition) is 3. The Morgan fingerprint density at radius 1 is 0.933 bits per heavy atom. The van der Waals surface area contributed by atoms with Crippen LogP contribution < -0.4 is 16.0 Å². The van der Waals surface area contributed by atoms with E-state index < -0.39 is 0 Å². The summed E-state index contributed by atoms with van der Waals surface area (Å²) in [7, 11) is 1.82. The van der Waals surface area contributed by atoms with Crippen molar-refractivity contribution in [3.8, 4) is 0 Å². The van der Waals surface area contributed by atoms with Crippen molar-refractivity contribution >= 4 is 17.3 Å². The van der Waals surface area contributed by atoms with Crippen LogP contribution in [0.4, 0.5) is 0 Å². The summed E-state index contributed by atoms with van der Waals surface area (Å²) in [6.07, 6.45) is 2.76. The van der Waals surface area contributed by atoms with Gasteiger partial charge in [0.15, 0.2) is 11.6 Å². The maximum Gasteiger partial charge on any atom is 0.163 e. The highest BCUT2D eigenvalue weighted by Gasteiger charge is 2.27. The van der Waals surface area contributed by atoms with E-state index in [4.69, 9.17) is 0 Å². The summed E-state index contributed by atoms with van der Waals surface area (Å²) in [5.74, 6) is 0.878. The molecular formula is C24H47N3O3. The van der Waals surface area contributed by atoms with Gasteiger partial charge >= 0.3 is 0 Å². The zero-order valence-electron chi connectivity index (χ0n) is 20.9. The molecule has 0 aromatic heterocycles. The van der Waals surface area contributed by atoms with Gasteiger partial charge in [0.2, 0.25) is 0 Å². The molecule has 3 N–H and O–H groups in total. The molecule has 0 rings (SSSR count). The number of rotatable bonds is 16. The van der Waals surface area contributed by atoms with E-state index in [-0.39, 0.29) is 53.4 Å². The second kappa shape index (κ2) is 14.0. The molecular weight excluding hydrogens is 378 g/mol. The van der Waals surface area contributed by atoms with Gasteiger partial charge in [-0.2, -0.15) is 0 Å². The van der Waals surface area contributed by atoms with E-state index in [2.05, 4.69) is 57.5 Å². The molecule has 0 amide bonds. The summed E-state index contributed by atoms with van der Waals surface area (Å²) in [4.78, 5) is 37.4. The fraction of sp³-hybridized carbons (Fsp3) is 0.875. The minimum atomic E-state index is -0.323. The van der Waals surface area contributed by atoms with Gasteiger partial charge in [-0.05, 0) is 44.1 Å². The third-order valence-corrected chi connectivity index (χ3v) is 5.57. The number of hydrogen-bond acceptors (Lipinski definition) is 6. The zero-order chi connectivity index (χ0) is 23.5. The normalized spacial score (nSPS) is 16.2. The molecule has 0 saturated carbocycles. The van der Waals surface area contributed by atoms with Crippen molar-refractivity contribution < 1.29 is 14.4 Å². The van der Waals surface area contributed by atoms with E-state index in [0.29, 0.717) is 25.3 Å². The van der Waals surface area contributed by atoms with E-state index in [0.717, 1.165) is 12.8 Å². The van der Waals surface area contributed by atoms with Crippen molar-refractivity contribution in [2.45, 2.75) is 99.2 Å². The van der Waals surface area contributed by atoms with Crippen molar-refractivity contribution in [2.24, 2.45) is 17.3 Å². The number of likely N-dealkylation sites (N-methyl/N-ethyl adjacent to an activating group) is 1.